The van der Waals surface area contributed by atoms with Gasteiger partial charge in [-0.2, -0.15) is 0 Å². The molecule has 0 heterocycles. The third-order valence-electron chi connectivity index (χ3n) is 3.41. The zero-order valence-electron chi connectivity index (χ0n) is 14.4. The van der Waals surface area contributed by atoms with Gasteiger partial charge in [0.25, 0.3) is 5.91 Å². The molecule has 2 rings (SSSR count). The van der Waals surface area contributed by atoms with E-state index in [1.807, 2.05) is 37.3 Å². The number of carbonyl (C=O) groups is 1. The van der Waals surface area contributed by atoms with Crippen LogP contribution in [0.4, 0.5) is 0 Å². The highest BCUT2D eigenvalue weighted by molar-refractivity contribution is 6.35. The van der Waals surface area contributed by atoms with Crippen molar-refractivity contribution in [1.29, 1.82) is 0 Å². The Kier molecular flexibility index (Phi) is 8.25. The maximum Gasteiger partial charge on any atom is 0.260 e. The van der Waals surface area contributed by atoms with Crippen LogP contribution in [0.15, 0.2) is 47.6 Å². The maximum atomic E-state index is 11.8. The van der Waals surface area contributed by atoms with Gasteiger partial charge in [-0.3, -0.25) is 4.79 Å². The zero-order valence-corrected chi connectivity index (χ0v) is 15.9. The van der Waals surface area contributed by atoms with E-state index in [0.717, 1.165) is 11.1 Å². The summed E-state index contributed by atoms with van der Waals surface area (Å²) >= 11 is 11.9. The summed E-state index contributed by atoms with van der Waals surface area (Å²) in [5.41, 5.74) is 1.70. The molecule has 0 aliphatic carbocycles. The second-order valence-corrected chi connectivity index (χ2v) is 6.16. The standard InChI is InChI=1S/C19H20Cl2N2O3/c1-2-25-18-6-4-3-5-15(18)12-23-26-13-19(24)22-10-9-14-7-8-16(20)11-17(14)21/h3-8,11-12H,2,9-10,13H2,1H3,(H,22,24)/b23-12-. The highest BCUT2D eigenvalue weighted by atomic mass is 35.5. The summed E-state index contributed by atoms with van der Waals surface area (Å²) < 4.78 is 5.48. The Morgan fingerprint density at radius 1 is 1.23 bits per heavy atom. The molecule has 1 N–H and O–H groups in total. The first-order chi connectivity index (χ1) is 12.6. The van der Waals surface area contributed by atoms with Crippen LogP contribution in [0.1, 0.15) is 18.1 Å². The minimum Gasteiger partial charge on any atom is -0.493 e. The quantitative estimate of drug-likeness (QED) is 0.514. The number of hydrogen-bond acceptors (Lipinski definition) is 4. The van der Waals surface area contributed by atoms with Gasteiger partial charge in [-0.25, -0.2) is 0 Å². The van der Waals surface area contributed by atoms with Gasteiger partial charge in [0, 0.05) is 22.2 Å². The van der Waals surface area contributed by atoms with Gasteiger partial charge < -0.3 is 14.9 Å². The van der Waals surface area contributed by atoms with Crippen molar-refractivity contribution >= 4 is 35.3 Å². The van der Waals surface area contributed by atoms with Crippen LogP contribution in [0, 0.1) is 0 Å². The molecule has 26 heavy (non-hydrogen) atoms. The fourth-order valence-corrected chi connectivity index (χ4v) is 2.68. The molecule has 0 spiro atoms. The van der Waals surface area contributed by atoms with Gasteiger partial charge in [0.05, 0.1) is 12.8 Å². The minimum atomic E-state index is -0.259. The number of amides is 1. The molecular formula is C19H20Cl2N2O3. The summed E-state index contributed by atoms with van der Waals surface area (Å²) in [5.74, 6) is 0.456. The van der Waals surface area contributed by atoms with Crippen molar-refractivity contribution in [3.8, 4) is 5.75 Å². The molecule has 138 valence electrons. The summed E-state index contributed by atoms with van der Waals surface area (Å²) in [4.78, 5) is 16.8. The van der Waals surface area contributed by atoms with Crippen LogP contribution in [-0.2, 0) is 16.1 Å². The Labute approximate surface area is 162 Å². The number of benzene rings is 2. The van der Waals surface area contributed by atoms with Crippen molar-refractivity contribution in [3.63, 3.8) is 0 Å². The summed E-state index contributed by atoms with van der Waals surface area (Å²) in [6.45, 7) is 2.75. The fraction of sp³-hybridized carbons (Fsp3) is 0.263. The second-order valence-electron chi connectivity index (χ2n) is 5.31. The molecule has 0 aromatic heterocycles. The number of oxime groups is 1. The van der Waals surface area contributed by atoms with Gasteiger partial charge in [-0.05, 0) is 43.2 Å². The van der Waals surface area contributed by atoms with Crippen molar-refractivity contribution in [1.82, 2.24) is 5.32 Å². The first-order valence-corrected chi connectivity index (χ1v) is 8.93. The van der Waals surface area contributed by atoms with E-state index < -0.39 is 0 Å². The van der Waals surface area contributed by atoms with Crippen LogP contribution in [0.3, 0.4) is 0 Å². The van der Waals surface area contributed by atoms with Crippen molar-refractivity contribution < 1.29 is 14.4 Å². The normalized spacial score (nSPS) is 10.7. The topological polar surface area (TPSA) is 59.9 Å². The lowest BCUT2D eigenvalue weighted by atomic mass is 10.1. The molecule has 0 atom stereocenters. The van der Waals surface area contributed by atoms with Crippen molar-refractivity contribution in [2.24, 2.45) is 5.16 Å². The van der Waals surface area contributed by atoms with E-state index >= 15 is 0 Å². The monoisotopic (exact) mass is 394 g/mol. The largest absolute Gasteiger partial charge is 0.493 e. The molecular weight excluding hydrogens is 375 g/mol. The van der Waals surface area contributed by atoms with Crippen LogP contribution < -0.4 is 10.1 Å². The first kappa shape index (κ1) is 20.1. The predicted molar refractivity (Wildman–Crippen MR) is 104 cm³/mol. The van der Waals surface area contributed by atoms with Crippen molar-refractivity contribution in [2.45, 2.75) is 13.3 Å². The highest BCUT2D eigenvalue weighted by Gasteiger charge is 2.04. The average molecular weight is 395 g/mol. The molecule has 7 heteroatoms. The van der Waals surface area contributed by atoms with Crippen molar-refractivity contribution in [3.05, 3.63) is 63.6 Å². The summed E-state index contributed by atoms with van der Waals surface area (Å²) in [5, 5.41) is 7.73. The lowest BCUT2D eigenvalue weighted by Crippen LogP contribution is -2.28. The molecule has 0 radical (unpaired) electrons. The molecule has 0 saturated carbocycles. The highest BCUT2D eigenvalue weighted by Crippen LogP contribution is 2.21. The van der Waals surface area contributed by atoms with Gasteiger partial charge in [0.2, 0.25) is 0 Å². The van der Waals surface area contributed by atoms with E-state index in [2.05, 4.69) is 10.5 Å². The Balaban J connectivity index is 1.72. The minimum absolute atomic E-state index is 0.165. The number of hydrogen-bond donors (Lipinski definition) is 1. The Bertz CT molecular complexity index is 766. The molecule has 0 saturated heterocycles. The number of nitrogens with one attached hydrogen (secondary N) is 1. The Morgan fingerprint density at radius 2 is 2.04 bits per heavy atom. The van der Waals surface area contributed by atoms with Gasteiger partial charge >= 0.3 is 0 Å². The number of ether oxygens (including phenoxy) is 1. The average Bonchev–Trinajstić information content (AvgIpc) is 2.62. The number of nitrogens with zero attached hydrogens (tertiary/aromatic N) is 1. The summed E-state index contributed by atoms with van der Waals surface area (Å²) in [6.07, 6.45) is 2.12. The van der Waals surface area contributed by atoms with Crippen molar-refractivity contribution in [2.75, 3.05) is 19.8 Å². The third-order valence-corrected chi connectivity index (χ3v) is 4.00. The molecule has 0 bridgehead atoms. The first-order valence-electron chi connectivity index (χ1n) is 8.18. The lowest BCUT2D eigenvalue weighted by Gasteiger charge is -2.07. The van der Waals surface area contributed by atoms with Crippen LogP contribution >= 0.6 is 23.2 Å². The molecule has 0 aliphatic heterocycles. The van der Waals surface area contributed by atoms with Gasteiger partial charge in [0.15, 0.2) is 6.61 Å². The van der Waals surface area contributed by atoms with Gasteiger partial charge in [-0.15, -0.1) is 0 Å². The van der Waals surface area contributed by atoms with E-state index in [0.29, 0.717) is 35.4 Å². The van der Waals surface area contributed by atoms with E-state index in [-0.39, 0.29) is 12.5 Å². The molecule has 0 aliphatic rings. The van der Waals surface area contributed by atoms with Crippen LogP contribution in [0.5, 0.6) is 5.75 Å². The SMILES string of the molecule is CCOc1ccccc1/C=N\OCC(=O)NCCc1ccc(Cl)cc1Cl. The predicted octanol–water partition coefficient (Wildman–Crippen LogP) is 4.10. The van der Waals surface area contributed by atoms with E-state index in [1.54, 1.807) is 12.1 Å². The fourth-order valence-electron chi connectivity index (χ4n) is 2.18. The van der Waals surface area contributed by atoms with Crippen LogP contribution in [-0.4, -0.2) is 31.9 Å². The molecule has 1 amide bonds. The van der Waals surface area contributed by atoms with E-state index in [1.165, 1.54) is 6.21 Å². The molecule has 2 aromatic carbocycles. The summed E-state index contributed by atoms with van der Waals surface area (Å²) in [6, 6.07) is 12.7. The number of rotatable bonds is 9. The van der Waals surface area contributed by atoms with Gasteiger partial charge in [0.1, 0.15) is 5.75 Å². The smallest absolute Gasteiger partial charge is 0.260 e. The second kappa shape index (κ2) is 10.7. The Morgan fingerprint density at radius 3 is 2.81 bits per heavy atom. The third kappa shape index (κ3) is 6.58. The van der Waals surface area contributed by atoms with Crippen LogP contribution in [0.25, 0.3) is 0 Å². The number of halogens is 2. The molecule has 0 unspecified atom stereocenters. The molecule has 0 fully saturated rings. The zero-order chi connectivity index (χ0) is 18.8. The maximum absolute atomic E-state index is 11.8. The molecule has 2 aromatic rings. The number of para-hydroxylation sites is 1. The van der Waals surface area contributed by atoms with Crippen LogP contribution in [0.2, 0.25) is 10.0 Å². The lowest BCUT2D eigenvalue weighted by molar-refractivity contribution is -0.125. The summed E-state index contributed by atoms with van der Waals surface area (Å²) in [7, 11) is 0. The van der Waals surface area contributed by atoms with E-state index in [9.17, 15) is 4.79 Å². The Hall–Kier alpha value is -2.24. The number of carbonyl (C=O) groups excluding carboxylic acids is 1. The molecule has 5 nitrogen and oxygen atoms in total. The van der Waals surface area contributed by atoms with Gasteiger partial charge in [-0.1, -0.05) is 46.6 Å². The van der Waals surface area contributed by atoms with E-state index in [4.69, 9.17) is 32.8 Å².